The average Bonchev–Trinajstić information content (AvgIpc) is 2.70. The zero-order valence-corrected chi connectivity index (χ0v) is 9.71. The van der Waals surface area contributed by atoms with Gasteiger partial charge in [-0.05, 0) is 29.3 Å². The molecule has 0 saturated heterocycles. The molecule has 2 rings (SSSR count). The Hall–Kier alpha value is -1.62. The number of aromatic amines is 1. The van der Waals surface area contributed by atoms with E-state index < -0.39 is 0 Å². The van der Waals surface area contributed by atoms with Crippen LogP contribution in [0.4, 0.5) is 0 Å². The van der Waals surface area contributed by atoms with Crippen LogP contribution in [0.3, 0.4) is 0 Å². The molecule has 0 spiro atoms. The number of hydrogen-bond donors (Lipinski definition) is 1. The summed E-state index contributed by atoms with van der Waals surface area (Å²) < 4.78 is 1.18. The van der Waals surface area contributed by atoms with Gasteiger partial charge in [-0.3, -0.25) is 9.36 Å². The summed E-state index contributed by atoms with van der Waals surface area (Å²) in [5, 5.41) is 3.98. The summed E-state index contributed by atoms with van der Waals surface area (Å²) in [5.74, 6) is 0. The standard InChI is InChI=1S/C11H12N2O2S/c1-2-13-10(14)6-9(12-11(13)15)5-8-3-4-16-7-8/h3-4,6-7H,2,5H2,1H3,(H,12,15). The molecule has 0 aliphatic heterocycles. The van der Waals surface area contributed by atoms with Crippen LogP contribution in [0.1, 0.15) is 18.2 Å². The van der Waals surface area contributed by atoms with Gasteiger partial charge in [0.25, 0.3) is 5.56 Å². The van der Waals surface area contributed by atoms with Crippen molar-refractivity contribution in [1.82, 2.24) is 9.55 Å². The average molecular weight is 236 g/mol. The van der Waals surface area contributed by atoms with Crippen molar-refractivity contribution in [2.24, 2.45) is 0 Å². The molecule has 2 aromatic heterocycles. The molecule has 84 valence electrons. The van der Waals surface area contributed by atoms with Crippen molar-refractivity contribution in [3.05, 3.63) is 55.0 Å². The highest BCUT2D eigenvalue weighted by molar-refractivity contribution is 7.07. The molecular weight excluding hydrogens is 224 g/mol. The first-order chi connectivity index (χ1) is 7.70. The van der Waals surface area contributed by atoms with Crippen LogP contribution >= 0.6 is 11.3 Å². The monoisotopic (exact) mass is 236 g/mol. The molecule has 0 unspecified atom stereocenters. The van der Waals surface area contributed by atoms with E-state index in [-0.39, 0.29) is 11.2 Å². The molecule has 0 aliphatic carbocycles. The number of thiophene rings is 1. The third-order valence-electron chi connectivity index (χ3n) is 2.37. The predicted molar refractivity (Wildman–Crippen MR) is 64.1 cm³/mol. The predicted octanol–water partition coefficient (Wildman–Crippen LogP) is 1.21. The van der Waals surface area contributed by atoms with Gasteiger partial charge >= 0.3 is 5.69 Å². The van der Waals surface area contributed by atoms with Crippen molar-refractivity contribution in [2.45, 2.75) is 19.9 Å². The van der Waals surface area contributed by atoms with E-state index in [9.17, 15) is 9.59 Å². The molecule has 0 saturated carbocycles. The second kappa shape index (κ2) is 4.49. The van der Waals surface area contributed by atoms with Crippen LogP contribution in [0.5, 0.6) is 0 Å². The Morgan fingerprint density at radius 1 is 1.44 bits per heavy atom. The molecule has 16 heavy (non-hydrogen) atoms. The zero-order chi connectivity index (χ0) is 11.5. The topological polar surface area (TPSA) is 54.9 Å². The molecule has 0 amide bonds. The van der Waals surface area contributed by atoms with Crippen LogP contribution in [0.15, 0.2) is 32.5 Å². The minimum Gasteiger partial charge on any atom is -0.311 e. The third-order valence-corrected chi connectivity index (χ3v) is 3.10. The van der Waals surface area contributed by atoms with Gasteiger partial charge in [0.2, 0.25) is 0 Å². The third kappa shape index (κ3) is 2.14. The largest absolute Gasteiger partial charge is 0.328 e. The van der Waals surface area contributed by atoms with Gasteiger partial charge in [-0.15, -0.1) is 0 Å². The van der Waals surface area contributed by atoms with Gasteiger partial charge in [-0.25, -0.2) is 4.79 Å². The second-order valence-corrected chi connectivity index (χ2v) is 4.27. The van der Waals surface area contributed by atoms with Crippen molar-refractivity contribution in [1.29, 1.82) is 0 Å². The van der Waals surface area contributed by atoms with Gasteiger partial charge in [0.15, 0.2) is 0 Å². The Labute approximate surface area is 96.2 Å². The van der Waals surface area contributed by atoms with Crippen LogP contribution in [-0.4, -0.2) is 9.55 Å². The maximum Gasteiger partial charge on any atom is 0.328 e. The first-order valence-corrected chi connectivity index (χ1v) is 5.99. The van der Waals surface area contributed by atoms with E-state index in [0.29, 0.717) is 18.7 Å². The fraction of sp³-hybridized carbons (Fsp3) is 0.273. The van der Waals surface area contributed by atoms with Crippen molar-refractivity contribution >= 4 is 11.3 Å². The van der Waals surface area contributed by atoms with Crippen molar-refractivity contribution in [2.75, 3.05) is 0 Å². The fourth-order valence-corrected chi connectivity index (χ4v) is 2.24. The quantitative estimate of drug-likeness (QED) is 0.870. The molecule has 5 heteroatoms. The Morgan fingerprint density at radius 2 is 2.25 bits per heavy atom. The van der Waals surface area contributed by atoms with Gasteiger partial charge in [0.05, 0.1) is 0 Å². The number of rotatable bonds is 3. The van der Waals surface area contributed by atoms with Crippen LogP contribution in [0.2, 0.25) is 0 Å². The highest BCUT2D eigenvalue weighted by Crippen LogP contribution is 2.09. The molecule has 0 radical (unpaired) electrons. The Balaban J connectivity index is 2.38. The summed E-state index contributed by atoms with van der Waals surface area (Å²) in [6, 6.07) is 3.47. The van der Waals surface area contributed by atoms with Crippen LogP contribution in [0.25, 0.3) is 0 Å². The van der Waals surface area contributed by atoms with E-state index >= 15 is 0 Å². The molecular formula is C11H12N2O2S. The summed E-state index contributed by atoms with van der Waals surface area (Å²) in [6.07, 6.45) is 0.596. The number of nitrogens with one attached hydrogen (secondary N) is 1. The summed E-state index contributed by atoms with van der Waals surface area (Å²) in [7, 11) is 0. The lowest BCUT2D eigenvalue weighted by atomic mass is 10.2. The van der Waals surface area contributed by atoms with Crippen molar-refractivity contribution in [3.8, 4) is 0 Å². The molecule has 2 heterocycles. The van der Waals surface area contributed by atoms with Crippen molar-refractivity contribution in [3.63, 3.8) is 0 Å². The Kier molecular flexibility index (Phi) is 3.05. The second-order valence-electron chi connectivity index (χ2n) is 3.49. The smallest absolute Gasteiger partial charge is 0.311 e. The van der Waals surface area contributed by atoms with Gasteiger partial charge in [-0.2, -0.15) is 11.3 Å². The lowest BCUT2D eigenvalue weighted by Crippen LogP contribution is -2.34. The van der Waals surface area contributed by atoms with E-state index in [1.165, 1.54) is 10.6 Å². The van der Waals surface area contributed by atoms with E-state index in [4.69, 9.17) is 0 Å². The van der Waals surface area contributed by atoms with Crippen molar-refractivity contribution < 1.29 is 0 Å². The first kappa shape index (κ1) is 10.9. The number of aromatic nitrogens is 2. The maximum atomic E-state index is 11.6. The molecule has 0 atom stereocenters. The van der Waals surface area contributed by atoms with Gasteiger partial charge in [0, 0.05) is 24.7 Å². The lowest BCUT2D eigenvalue weighted by molar-refractivity contribution is 0.664. The molecule has 2 aromatic rings. The zero-order valence-electron chi connectivity index (χ0n) is 8.90. The highest BCUT2D eigenvalue weighted by Gasteiger charge is 2.03. The lowest BCUT2D eigenvalue weighted by Gasteiger charge is -2.02. The summed E-state index contributed by atoms with van der Waals surface area (Å²) in [4.78, 5) is 25.8. The molecule has 4 nitrogen and oxygen atoms in total. The number of hydrogen-bond acceptors (Lipinski definition) is 3. The SMILES string of the molecule is CCn1c(=O)cc(Cc2ccsc2)[nH]c1=O. The van der Waals surface area contributed by atoms with Gasteiger partial charge < -0.3 is 4.98 Å². The minimum atomic E-state index is -0.333. The van der Waals surface area contributed by atoms with E-state index in [0.717, 1.165) is 5.56 Å². The van der Waals surface area contributed by atoms with E-state index in [1.807, 2.05) is 16.8 Å². The first-order valence-electron chi connectivity index (χ1n) is 5.05. The van der Waals surface area contributed by atoms with Crippen LogP contribution in [0, 0.1) is 0 Å². The normalized spacial score (nSPS) is 10.6. The maximum absolute atomic E-state index is 11.6. The van der Waals surface area contributed by atoms with Crippen LogP contribution < -0.4 is 11.2 Å². The van der Waals surface area contributed by atoms with Gasteiger partial charge in [-0.1, -0.05) is 0 Å². The van der Waals surface area contributed by atoms with E-state index in [1.54, 1.807) is 18.3 Å². The summed E-state index contributed by atoms with van der Waals surface area (Å²) >= 11 is 1.60. The number of nitrogens with zero attached hydrogens (tertiary/aromatic N) is 1. The summed E-state index contributed by atoms with van der Waals surface area (Å²) in [5.41, 5.74) is 1.20. The molecule has 0 aliphatic rings. The Bertz CT molecular complexity index is 550. The van der Waals surface area contributed by atoms with Crippen LogP contribution in [-0.2, 0) is 13.0 Å². The highest BCUT2D eigenvalue weighted by atomic mass is 32.1. The fourth-order valence-electron chi connectivity index (χ4n) is 1.58. The van der Waals surface area contributed by atoms with E-state index in [2.05, 4.69) is 4.98 Å². The number of H-pyrrole nitrogens is 1. The van der Waals surface area contributed by atoms with Gasteiger partial charge in [0.1, 0.15) is 0 Å². The molecule has 0 fully saturated rings. The minimum absolute atomic E-state index is 0.239. The molecule has 0 bridgehead atoms. The summed E-state index contributed by atoms with van der Waals surface area (Å²) in [6.45, 7) is 2.17. The Morgan fingerprint density at radius 3 is 2.81 bits per heavy atom. The molecule has 0 aromatic carbocycles. The molecule has 1 N–H and O–H groups in total.